The van der Waals surface area contributed by atoms with Crippen LogP contribution < -0.4 is 10.6 Å². The minimum absolute atomic E-state index is 0.0363. The average molecular weight is 305 g/mol. The molecule has 1 amide bonds. The first-order chi connectivity index (χ1) is 10.7. The van der Waals surface area contributed by atoms with Gasteiger partial charge in [0.05, 0.1) is 18.7 Å². The van der Waals surface area contributed by atoms with Crippen LogP contribution in [0.25, 0.3) is 0 Å². The first-order valence-corrected chi connectivity index (χ1v) is 7.69. The zero-order valence-corrected chi connectivity index (χ0v) is 12.9. The van der Waals surface area contributed by atoms with Gasteiger partial charge in [0.15, 0.2) is 0 Å². The largest absolute Gasteiger partial charge is 0.462 e. The highest BCUT2D eigenvalue weighted by Gasteiger charge is 2.13. The summed E-state index contributed by atoms with van der Waals surface area (Å²) < 4.78 is 4.92. The van der Waals surface area contributed by atoms with Crippen LogP contribution in [0.3, 0.4) is 0 Å². The van der Waals surface area contributed by atoms with E-state index in [1.54, 1.807) is 31.2 Å². The normalized spacial score (nSPS) is 15.9. The molecular weight excluding hydrogens is 282 g/mol. The van der Waals surface area contributed by atoms with Crippen LogP contribution in [0.5, 0.6) is 0 Å². The number of carbonyl (C=O) groups excluding carboxylic acids is 2. The highest BCUT2D eigenvalue weighted by atomic mass is 16.5. The van der Waals surface area contributed by atoms with Crippen molar-refractivity contribution in [2.75, 3.05) is 44.6 Å². The van der Waals surface area contributed by atoms with Crippen molar-refractivity contribution in [1.29, 1.82) is 0 Å². The summed E-state index contributed by atoms with van der Waals surface area (Å²) in [5.41, 5.74) is 1.17. The van der Waals surface area contributed by atoms with Gasteiger partial charge in [0.1, 0.15) is 0 Å². The van der Waals surface area contributed by atoms with Crippen LogP contribution >= 0.6 is 0 Å². The molecule has 2 rings (SSSR count). The van der Waals surface area contributed by atoms with Crippen LogP contribution in [0.1, 0.15) is 23.7 Å². The SMILES string of the molecule is CCOC(=O)c1ccc(NC(=O)CN2CCCNCC2)cc1. The quantitative estimate of drug-likeness (QED) is 0.797. The number of rotatable bonds is 5. The van der Waals surface area contributed by atoms with Crippen LogP contribution in [0.4, 0.5) is 5.69 Å². The third-order valence-corrected chi connectivity index (χ3v) is 3.48. The number of hydrogen-bond donors (Lipinski definition) is 2. The van der Waals surface area contributed by atoms with Crippen molar-refractivity contribution < 1.29 is 14.3 Å². The fourth-order valence-corrected chi connectivity index (χ4v) is 2.37. The molecule has 1 aromatic rings. The summed E-state index contributed by atoms with van der Waals surface area (Å²) in [6.07, 6.45) is 1.06. The number of nitrogens with one attached hydrogen (secondary N) is 2. The van der Waals surface area contributed by atoms with Gasteiger partial charge >= 0.3 is 5.97 Å². The van der Waals surface area contributed by atoms with Crippen molar-refractivity contribution >= 4 is 17.6 Å². The standard InChI is InChI=1S/C16H23N3O3/c1-2-22-16(21)13-4-6-14(7-5-13)18-15(20)12-19-10-3-8-17-9-11-19/h4-7,17H,2-3,8-12H2,1H3,(H,18,20). The number of anilines is 1. The molecule has 0 aliphatic carbocycles. The summed E-state index contributed by atoms with van der Waals surface area (Å²) in [4.78, 5) is 25.7. The van der Waals surface area contributed by atoms with E-state index in [1.165, 1.54) is 0 Å². The van der Waals surface area contributed by atoms with Crippen LogP contribution in [-0.2, 0) is 9.53 Å². The third kappa shape index (κ3) is 5.13. The maximum Gasteiger partial charge on any atom is 0.338 e. The van der Waals surface area contributed by atoms with Crippen molar-refractivity contribution in [3.63, 3.8) is 0 Å². The average Bonchev–Trinajstić information content (AvgIpc) is 2.77. The molecule has 0 aromatic heterocycles. The summed E-state index contributed by atoms with van der Waals surface area (Å²) in [5, 5.41) is 6.16. The number of benzene rings is 1. The molecule has 2 N–H and O–H groups in total. The van der Waals surface area contributed by atoms with E-state index in [0.717, 1.165) is 32.6 Å². The molecule has 1 saturated heterocycles. The van der Waals surface area contributed by atoms with E-state index < -0.39 is 0 Å². The molecule has 120 valence electrons. The highest BCUT2D eigenvalue weighted by molar-refractivity contribution is 5.94. The Balaban J connectivity index is 1.84. The molecule has 0 atom stereocenters. The van der Waals surface area contributed by atoms with Gasteiger partial charge < -0.3 is 15.4 Å². The topological polar surface area (TPSA) is 70.7 Å². The summed E-state index contributed by atoms with van der Waals surface area (Å²) in [7, 11) is 0. The maximum absolute atomic E-state index is 12.0. The van der Waals surface area contributed by atoms with Gasteiger partial charge in [0.2, 0.25) is 5.91 Å². The van der Waals surface area contributed by atoms with Gasteiger partial charge in [0.25, 0.3) is 0 Å². The number of esters is 1. The van der Waals surface area contributed by atoms with Crippen LogP contribution in [-0.4, -0.2) is 56.1 Å². The Kier molecular flexibility index (Phi) is 6.36. The molecule has 6 nitrogen and oxygen atoms in total. The van der Waals surface area contributed by atoms with Gasteiger partial charge in [-0.2, -0.15) is 0 Å². The van der Waals surface area contributed by atoms with Crippen LogP contribution in [0, 0.1) is 0 Å². The number of amides is 1. The lowest BCUT2D eigenvalue weighted by molar-refractivity contribution is -0.117. The fraction of sp³-hybridized carbons (Fsp3) is 0.500. The second-order valence-electron chi connectivity index (χ2n) is 5.23. The molecule has 1 fully saturated rings. The second kappa shape index (κ2) is 8.51. The molecule has 1 heterocycles. The van der Waals surface area contributed by atoms with Gasteiger partial charge in [-0.1, -0.05) is 0 Å². The monoisotopic (exact) mass is 305 g/mol. The third-order valence-electron chi connectivity index (χ3n) is 3.48. The fourth-order valence-electron chi connectivity index (χ4n) is 2.37. The van der Waals surface area contributed by atoms with Crippen molar-refractivity contribution in [1.82, 2.24) is 10.2 Å². The Hall–Kier alpha value is -1.92. The van der Waals surface area contributed by atoms with E-state index in [-0.39, 0.29) is 11.9 Å². The minimum atomic E-state index is -0.350. The highest BCUT2D eigenvalue weighted by Crippen LogP contribution is 2.11. The maximum atomic E-state index is 12.0. The van der Waals surface area contributed by atoms with E-state index in [0.29, 0.717) is 24.4 Å². The summed E-state index contributed by atoms with van der Waals surface area (Å²) in [6.45, 7) is 6.25. The molecular formula is C16H23N3O3. The van der Waals surface area contributed by atoms with Crippen molar-refractivity contribution in [2.45, 2.75) is 13.3 Å². The Morgan fingerprint density at radius 3 is 2.73 bits per heavy atom. The molecule has 1 aliphatic heterocycles. The predicted molar refractivity (Wildman–Crippen MR) is 85.0 cm³/mol. The van der Waals surface area contributed by atoms with E-state index >= 15 is 0 Å². The van der Waals surface area contributed by atoms with Gasteiger partial charge in [-0.05, 0) is 50.7 Å². The molecule has 0 saturated carbocycles. The predicted octanol–water partition coefficient (Wildman–Crippen LogP) is 1.10. The van der Waals surface area contributed by atoms with E-state index in [2.05, 4.69) is 15.5 Å². The van der Waals surface area contributed by atoms with Crippen molar-refractivity contribution in [3.8, 4) is 0 Å². The Morgan fingerprint density at radius 2 is 2.00 bits per heavy atom. The number of nitrogens with zero attached hydrogens (tertiary/aromatic N) is 1. The summed E-state index contributed by atoms with van der Waals surface area (Å²) >= 11 is 0. The molecule has 0 radical (unpaired) electrons. The zero-order chi connectivity index (χ0) is 15.8. The smallest absolute Gasteiger partial charge is 0.338 e. The molecule has 0 spiro atoms. The van der Waals surface area contributed by atoms with Crippen LogP contribution in [0.2, 0.25) is 0 Å². The van der Waals surface area contributed by atoms with Gasteiger partial charge in [0, 0.05) is 18.8 Å². The van der Waals surface area contributed by atoms with E-state index in [1.807, 2.05) is 0 Å². The van der Waals surface area contributed by atoms with Crippen LogP contribution in [0.15, 0.2) is 24.3 Å². The van der Waals surface area contributed by atoms with Crippen molar-refractivity contribution in [3.05, 3.63) is 29.8 Å². The lowest BCUT2D eigenvalue weighted by Gasteiger charge is -2.18. The Labute approximate surface area is 130 Å². The Bertz CT molecular complexity index is 494. The molecule has 0 unspecified atom stereocenters. The molecule has 22 heavy (non-hydrogen) atoms. The van der Waals surface area contributed by atoms with Gasteiger partial charge in [-0.15, -0.1) is 0 Å². The van der Waals surface area contributed by atoms with E-state index in [4.69, 9.17) is 4.74 Å². The summed E-state index contributed by atoms with van der Waals surface area (Å²) in [5.74, 6) is -0.386. The minimum Gasteiger partial charge on any atom is -0.462 e. The molecule has 1 aliphatic rings. The van der Waals surface area contributed by atoms with Gasteiger partial charge in [-0.25, -0.2) is 4.79 Å². The Morgan fingerprint density at radius 1 is 1.23 bits per heavy atom. The molecule has 0 bridgehead atoms. The molecule has 1 aromatic carbocycles. The van der Waals surface area contributed by atoms with Gasteiger partial charge in [-0.3, -0.25) is 9.69 Å². The molecule has 6 heteroatoms. The second-order valence-corrected chi connectivity index (χ2v) is 5.23. The van der Waals surface area contributed by atoms with E-state index in [9.17, 15) is 9.59 Å². The number of hydrogen-bond acceptors (Lipinski definition) is 5. The number of ether oxygens (including phenoxy) is 1. The zero-order valence-electron chi connectivity index (χ0n) is 12.9. The first kappa shape index (κ1) is 16.5. The first-order valence-electron chi connectivity index (χ1n) is 7.69. The lowest BCUT2D eigenvalue weighted by Crippen LogP contribution is -2.35. The summed E-state index contributed by atoms with van der Waals surface area (Å²) in [6, 6.07) is 6.75. The number of carbonyl (C=O) groups is 2. The lowest BCUT2D eigenvalue weighted by atomic mass is 10.2. The van der Waals surface area contributed by atoms with Crippen molar-refractivity contribution in [2.24, 2.45) is 0 Å².